The Kier molecular flexibility index (Phi) is 1.71. The van der Waals surface area contributed by atoms with Crippen molar-refractivity contribution in [2.75, 3.05) is 0 Å². The highest BCUT2D eigenvalue weighted by molar-refractivity contribution is 7.22. The van der Waals surface area contributed by atoms with Crippen LogP contribution in [0.3, 0.4) is 0 Å². The normalized spacial score (nSPS) is 10.7. The lowest BCUT2D eigenvalue weighted by Crippen LogP contribution is -1.76. The molecule has 2 heterocycles. The van der Waals surface area contributed by atoms with E-state index in [1.54, 1.807) is 6.07 Å². The topological polar surface area (TPSA) is 25.8 Å². The highest BCUT2D eigenvalue weighted by Gasteiger charge is 2.04. The van der Waals surface area contributed by atoms with E-state index in [9.17, 15) is 0 Å². The van der Waals surface area contributed by atoms with Gasteiger partial charge in [0.2, 0.25) is 0 Å². The second-order valence-corrected chi connectivity index (χ2v) is 3.95. The van der Waals surface area contributed by atoms with Crippen LogP contribution in [0.15, 0.2) is 12.4 Å². The SMILES string of the molecule is Clc1cc2c(Cl)ncnc2s1. The van der Waals surface area contributed by atoms with Crippen molar-refractivity contribution < 1.29 is 0 Å². The zero-order valence-corrected chi connectivity index (χ0v) is 7.54. The maximum absolute atomic E-state index is 5.77. The van der Waals surface area contributed by atoms with Crippen molar-refractivity contribution in [3.8, 4) is 0 Å². The summed E-state index contributed by atoms with van der Waals surface area (Å²) in [7, 11) is 0. The van der Waals surface area contributed by atoms with Gasteiger partial charge in [-0.25, -0.2) is 9.97 Å². The Bertz CT molecular complexity index is 398. The van der Waals surface area contributed by atoms with E-state index in [1.807, 2.05) is 0 Å². The van der Waals surface area contributed by atoms with Gasteiger partial charge in [0.25, 0.3) is 0 Å². The van der Waals surface area contributed by atoms with Gasteiger partial charge in [-0.1, -0.05) is 23.2 Å². The van der Waals surface area contributed by atoms with Crippen molar-refractivity contribution in [3.05, 3.63) is 21.9 Å². The van der Waals surface area contributed by atoms with Crippen LogP contribution < -0.4 is 0 Å². The Hall–Kier alpha value is -0.380. The molecular weight excluding hydrogens is 203 g/mol. The molecule has 0 radical (unpaired) electrons. The van der Waals surface area contributed by atoms with Crippen molar-refractivity contribution in [2.24, 2.45) is 0 Å². The lowest BCUT2D eigenvalue weighted by atomic mass is 10.4. The molecule has 0 bridgehead atoms. The van der Waals surface area contributed by atoms with E-state index in [2.05, 4.69) is 9.97 Å². The van der Waals surface area contributed by atoms with E-state index in [0.717, 1.165) is 10.2 Å². The molecule has 0 aromatic carbocycles. The summed E-state index contributed by atoms with van der Waals surface area (Å²) in [5.41, 5.74) is 0. The van der Waals surface area contributed by atoms with Gasteiger partial charge < -0.3 is 0 Å². The summed E-state index contributed by atoms with van der Waals surface area (Å²) >= 11 is 12.9. The monoisotopic (exact) mass is 204 g/mol. The van der Waals surface area contributed by atoms with Crippen LogP contribution in [0, 0.1) is 0 Å². The zero-order valence-electron chi connectivity index (χ0n) is 5.21. The van der Waals surface area contributed by atoms with Crippen molar-refractivity contribution in [1.82, 2.24) is 9.97 Å². The molecule has 0 saturated heterocycles. The molecule has 0 fully saturated rings. The molecule has 5 heteroatoms. The molecule has 0 saturated carbocycles. The molecule has 0 amide bonds. The molecule has 0 atom stereocenters. The van der Waals surface area contributed by atoms with Crippen LogP contribution in [0.25, 0.3) is 10.2 Å². The highest BCUT2D eigenvalue weighted by atomic mass is 35.5. The summed E-state index contributed by atoms with van der Waals surface area (Å²) in [5.74, 6) is 0. The first kappa shape index (κ1) is 7.28. The number of aromatic nitrogens is 2. The van der Waals surface area contributed by atoms with Crippen LogP contribution in [0.4, 0.5) is 0 Å². The van der Waals surface area contributed by atoms with Crippen LogP contribution in [-0.2, 0) is 0 Å². The molecule has 2 aromatic heterocycles. The van der Waals surface area contributed by atoms with Gasteiger partial charge in [0.15, 0.2) is 0 Å². The maximum atomic E-state index is 5.77. The van der Waals surface area contributed by atoms with Crippen molar-refractivity contribution in [1.29, 1.82) is 0 Å². The summed E-state index contributed by atoms with van der Waals surface area (Å²) in [6, 6.07) is 1.77. The van der Waals surface area contributed by atoms with Crippen LogP contribution in [-0.4, -0.2) is 9.97 Å². The average molecular weight is 205 g/mol. The number of thiophene rings is 1. The molecule has 0 aliphatic rings. The lowest BCUT2D eigenvalue weighted by molar-refractivity contribution is 1.23. The molecule has 11 heavy (non-hydrogen) atoms. The summed E-state index contributed by atoms with van der Waals surface area (Å²) in [4.78, 5) is 8.65. The minimum absolute atomic E-state index is 0.457. The molecule has 0 spiro atoms. The molecule has 2 rings (SSSR count). The summed E-state index contributed by atoms with van der Waals surface area (Å²) in [6.45, 7) is 0. The molecule has 0 aliphatic carbocycles. The largest absolute Gasteiger partial charge is 0.225 e. The maximum Gasteiger partial charge on any atom is 0.141 e. The molecule has 56 valence electrons. The number of rotatable bonds is 0. The predicted octanol–water partition coefficient (Wildman–Crippen LogP) is 3.00. The van der Waals surface area contributed by atoms with Crippen molar-refractivity contribution >= 4 is 44.8 Å². The standard InChI is InChI=1S/C6H2Cl2N2S/c7-4-1-3-5(8)9-2-10-6(3)11-4/h1-2H. The predicted molar refractivity (Wildman–Crippen MR) is 47.4 cm³/mol. The van der Waals surface area contributed by atoms with Crippen molar-refractivity contribution in [3.63, 3.8) is 0 Å². The van der Waals surface area contributed by atoms with E-state index < -0.39 is 0 Å². The fraction of sp³-hybridized carbons (Fsp3) is 0. The van der Waals surface area contributed by atoms with E-state index in [0.29, 0.717) is 9.49 Å². The van der Waals surface area contributed by atoms with E-state index >= 15 is 0 Å². The van der Waals surface area contributed by atoms with Gasteiger partial charge in [-0.05, 0) is 6.07 Å². The second-order valence-electron chi connectivity index (χ2n) is 1.93. The van der Waals surface area contributed by atoms with Crippen LogP contribution in [0.5, 0.6) is 0 Å². The van der Waals surface area contributed by atoms with Crippen LogP contribution in [0.2, 0.25) is 9.49 Å². The Morgan fingerprint density at radius 1 is 1.27 bits per heavy atom. The highest BCUT2D eigenvalue weighted by Crippen LogP contribution is 2.30. The van der Waals surface area contributed by atoms with Gasteiger partial charge in [-0.3, -0.25) is 0 Å². The molecule has 0 unspecified atom stereocenters. The van der Waals surface area contributed by atoms with Crippen molar-refractivity contribution in [2.45, 2.75) is 0 Å². The Labute approximate surface area is 76.8 Å². The second kappa shape index (κ2) is 2.59. The Balaban J connectivity index is 2.90. The number of nitrogens with zero attached hydrogens (tertiary/aromatic N) is 2. The molecular formula is C6H2Cl2N2S. The first-order valence-corrected chi connectivity index (χ1v) is 4.40. The van der Waals surface area contributed by atoms with Gasteiger partial charge in [0.1, 0.15) is 16.3 Å². The first-order chi connectivity index (χ1) is 5.27. The van der Waals surface area contributed by atoms with Crippen LogP contribution in [0.1, 0.15) is 0 Å². The fourth-order valence-electron chi connectivity index (χ4n) is 0.797. The molecule has 2 aromatic rings. The van der Waals surface area contributed by atoms with Gasteiger partial charge >= 0.3 is 0 Å². The minimum atomic E-state index is 0.457. The average Bonchev–Trinajstić information content (AvgIpc) is 2.31. The van der Waals surface area contributed by atoms with Gasteiger partial charge in [0.05, 0.1) is 9.72 Å². The smallest absolute Gasteiger partial charge is 0.141 e. The van der Waals surface area contributed by atoms with Gasteiger partial charge in [0, 0.05) is 0 Å². The summed E-state index contributed by atoms with van der Waals surface area (Å²) in [5, 5.41) is 1.28. The van der Waals surface area contributed by atoms with Gasteiger partial charge in [-0.2, -0.15) is 0 Å². The molecule has 0 N–H and O–H groups in total. The lowest BCUT2D eigenvalue weighted by Gasteiger charge is -1.87. The summed E-state index contributed by atoms with van der Waals surface area (Å²) in [6.07, 6.45) is 1.43. The number of hydrogen-bond donors (Lipinski definition) is 0. The van der Waals surface area contributed by atoms with E-state index in [4.69, 9.17) is 23.2 Å². The first-order valence-electron chi connectivity index (χ1n) is 2.83. The Morgan fingerprint density at radius 2 is 2.09 bits per heavy atom. The quantitative estimate of drug-likeness (QED) is 0.617. The van der Waals surface area contributed by atoms with E-state index in [-0.39, 0.29) is 0 Å². The fourth-order valence-corrected chi connectivity index (χ4v) is 2.10. The summed E-state index contributed by atoms with van der Waals surface area (Å²) < 4.78 is 0.683. The van der Waals surface area contributed by atoms with E-state index in [1.165, 1.54) is 17.7 Å². The number of hydrogen-bond acceptors (Lipinski definition) is 3. The Morgan fingerprint density at radius 3 is 2.82 bits per heavy atom. The zero-order chi connectivity index (χ0) is 7.84. The van der Waals surface area contributed by atoms with Crippen LogP contribution >= 0.6 is 34.5 Å². The molecule has 0 aliphatic heterocycles. The number of fused-ring (bicyclic) bond motifs is 1. The minimum Gasteiger partial charge on any atom is -0.225 e. The molecule has 2 nitrogen and oxygen atoms in total. The third kappa shape index (κ3) is 1.20. The van der Waals surface area contributed by atoms with Gasteiger partial charge in [-0.15, -0.1) is 11.3 Å². The third-order valence-electron chi connectivity index (χ3n) is 1.25. The third-order valence-corrected chi connectivity index (χ3v) is 2.72. The number of halogens is 2.